The zero-order valence-electron chi connectivity index (χ0n) is 10.8. The van der Waals surface area contributed by atoms with E-state index in [1.807, 2.05) is 19.1 Å². The Labute approximate surface area is 130 Å². The first-order chi connectivity index (χ1) is 9.40. The van der Waals surface area contributed by atoms with Crippen molar-refractivity contribution in [3.05, 3.63) is 45.6 Å². The number of cyclic esters (lactones) is 1. The van der Waals surface area contributed by atoms with E-state index in [2.05, 4.69) is 15.9 Å². The van der Waals surface area contributed by atoms with Gasteiger partial charge in [-0.3, -0.25) is 9.59 Å². The molecule has 3 nitrogen and oxygen atoms in total. The van der Waals surface area contributed by atoms with E-state index >= 15 is 0 Å². The second-order valence-electron chi connectivity index (χ2n) is 5.26. The van der Waals surface area contributed by atoms with Crippen molar-refractivity contribution in [1.29, 1.82) is 0 Å². The number of allylic oxidation sites excluding steroid dienone is 2. The minimum Gasteiger partial charge on any atom is -0.428 e. The second kappa shape index (κ2) is 4.71. The van der Waals surface area contributed by atoms with Crippen LogP contribution in [0.3, 0.4) is 0 Å². The van der Waals surface area contributed by atoms with Gasteiger partial charge in [0.05, 0.1) is 0 Å². The number of hydrogen-bond donors (Lipinski definition) is 0. The number of aryl methyl sites for hydroxylation is 1. The van der Waals surface area contributed by atoms with Crippen LogP contribution < -0.4 is 0 Å². The summed E-state index contributed by atoms with van der Waals surface area (Å²) in [7, 11) is 0. The molecule has 5 heteroatoms. The number of alkyl halides is 1. The Kier molecular flexibility index (Phi) is 3.26. The highest BCUT2D eigenvalue weighted by atomic mass is 79.9. The second-order valence-corrected chi connectivity index (χ2v) is 6.83. The van der Waals surface area contributed by atoms with E-state index < -0.39 is 16.8 Å². The highest BCUT2D eigenvalue weighted by molar-refractivity contribution is 9.10. The molecule has 1 aliphatic heterocycles. The molecular weight excluding hydrogens is 344 g/mol. The number of hydrogen-bond acceptors (Lipinski definition) is 3. The lowest BCUT2D eigenvalue weighted by Crippen LogP contribution is -2.30. The maximum atomic E-state index is 12.3. The highest BCUT2D eigenvalue weighted by Gasteiger charge is 2.50. The molecule has 0 N–H and O–H groups in total. The van der Waals surface area contributed by atoms with Gasteiger partial charge < -0.3 is 4.74 Å². The van der Waals surface area contributed by atoms with Crippen LogP contribution in [0.4, 0.5) is 0 Å². The first kappa shape index (κ1) is 13.8. The molecule has 0 spiro atoms. The van der Waals surface area contributed by atoms with Crippen LogP contribution in [0.15, 0.2) is 34.5 Å². The van der Waals surface area contributed by atoms with Crippen molar-refractivity contribution in [1.82, 2.24) is 0 Å². The number of ether oxygens (including phenoxy) is 1. The van der Waals surface area contributed by atoms with Crippen molar-refractivity contribution >= 4 is 39.3 Å². The van der Waals surface area contributed by atoms with Gasteiger partial charge in [-0.05, 0) is 37.0 Å². The van der Waals surface area contributed by atoms with Crippen LogP contribution in [0.25, 0.3) is 0 Å². The predicted molar refractivity (Wildman–Crippen MR) is 78.6 cm³/mol. The van der Waals surface area contributed by atoms with Gasteiger partial charge in [-0.2, -0.15) is 0 Å². The largest absolute Gasteiger partial charge is 0.428 e. The summed E-state index contributed by atoms with van der Waals surface area (Å²) in [6.45, 7) is 1.94. The molecule has 1 aliphatic carbocycles. The van der Waals surface area contributed by atoms with E-state index in [-0.39, 0.29) is 5.78 Å². The van der Waals surface area contributed by atoms with Gasteiger partial charge in [-0.15, -0.1) is 11.6 Å². The topological polar surface area (TPSA) is 43.4 Å². The SMILES string of the molecule is Cc1ccc(C2C(=O)C=C(C3(Cl)CC3)OC2=O)c(Br)c1. The fourth-order valence-corrected chi connectivity index (χ4v) is 3.16. The van der Waals surface area contributed by atoms with Crippen molar-refractivity contribution < 1.29 is 14.3 Å². The van der Waals surface area contributed by atoms with Gasteiger partial charge in [0.25, 0.3) is 0 Å². The molecule has 0 aromatic heterocycles. The van der Waals surface area contributed by atoms with Gasteiger partial charge in [0, 0.05) is 10.5 Å². The standard InChI is InChI=1S/C15H12BrClO3/c1-8-2-3-9(10(16)6-8)13-11(18)7-12(20-14(13)19)15(17)4-5-15/h2-3,6-7,13H,4-5H2,1H3. The summed E-state index contributed by atoms with van der Waals surface area (Å²) in [6.07, 6.45) is 2.85. The van der Waals surface area contributed by atoms with Gasteiger partial charge in [0.2, 0.25) is 0 Å². The third kappa shape index (κ3) is 2.31. The summed E-state index contributed by atoms with van der Waals surface area (Å²) >= 11 is 9.59. The minimum absolute atomic E-state index is 0.271. The number of benzene rings is 1. The molecule has 1 aromatic rings. The van der Waals surface area contributed by atoms with Crippen molar-refractivity contribution in [2.24, 2.45) is 0 Å². The Morgan fingerprint density at radius 1 is 1.35 bits per heavy atom. The molecule has 0 bridgehead atoms. The lowest BCUT2D eigenvalue weighted by Gasteiger charge is -2.23. The van der Waals surface area contributed by atoms with E-state index in [0.717, 1.165) is 22.9 Å². The third-order valence-electron chi connectivity index (χ3n) is 3.60. The zero-order valence-corrected chi connectivity index (χ0v) is 13.1. The highest BCUT2D eigenvalue weighted by Crippen LogP contribution is 2.50. The van der Waals surface area contributed by atoms with Crippen LogP contribution in [0.2, 0.25) is 0 Å². The first-order valence-electron chi connectivity index (χ1n) is 6.33. The lowest BCUT2D eigenvalue weighted by molar-refractivity contribution is -0.145. The maximum absolute atomic E-state index is 12.3. The number of ketones is 1. The van der Waals surface area contributed by atoms with Gasteiger partial charge in [0.15, 0.2) is 5.78 Å². The molecule has 1 unspecified atom stereocenters. The molecule has 1 heterocycles. The van der Waals surface area contributed by atoms with Crippen LogP contribution in [0.1, 0.15) is 29.9 Å². The molecular formula is C15H12BrClO3. The van der Waals surface area contributed by atoms with Gasteiger partial charge in [0.1, 0.15) is 16.6 Å². The molecule has 20 heavy (non-hydrogen) atoms. The Balaban J connectivity index is 1.97. The summed E-state index contributed by atoms with van der Waals surface area (Å²) < 4.78 is 6.02. The van der Waals surface area contributed by atoms with E-state index in [1.165, 1.54) is 6.08 Å². The molecule has 3 rings (SSSR count). The van der Waals surface area contributed by atoms with Crippen LogP contribution in [0, 0.1) is 6.92 Å². The Morgan fingerprint density at radius 3 is 2.60 bits per heavy atom. The average Bonchev–Trinajstić information content (AvgIpc) is 3.10. The number of rotatable bonds is 2. The molecule has 0 amide bonds. The van der Waals surface area contributed by atoms with Crippen molar-refractivity contribution in [2.45, 2.75) is 30.6 Å². The minimum atomic E-state index is -0.909. The maximum Gasteiger partial charge on any atom is 0.326 e. The van der Waals surface area contributed by atoms with Crippen LogP contribution >= 0.6 is 27.5 Å². The summed E-state index contributed by atoms with van der Waals surface area (Å²) in [4.78, 5) is 23.8. The molecule has 1 atom stereocenters. The molecule has 1 aromatic carbocycles. The normalized spacial score (nSPS) is 24.1. The predicted octanol–water partition coefficient (Wildman–Crippen LogP) is 3.62. The van der Waals surface area contributed by atoms with Gasteiger partial charge in [-0.1, -0.05) is 28.1 Å². The Hall–Kier alpha value is -1.13. The zero-order chi connectivity index (χ0) is 14.5. The summed E-state index contributed by atoms with van der Waals surface area (Å²) in [5, 5.41) is 0. The first-order valence-corrected chi connectivity index (χ1v) is 7.50. The van der Waals surface area contributed by atoms with E-state index in [0.29, 0.717) is 11.3 Å². The van der Waals surface area contributed by atoms with Crippen molar-refractivity contribution in [2.75, 3.05) is 0 Å². The fraction of sp³-hybridized carbons (Fsp3) is 0.333. The molecule has 2 aliphatic rings. The summed E-state index contributed by atoms with van der Waals surface area (Å²) in [6, 6.07) is 5.51. The van der Waals surface area contributed by atoms with E-state index in [9.17, 15) is 9.59 Å². The Bertz CT molecular complexity index is 647. The average molecular weight is 356 g/mol. The van der Waals surface area contributed by atoms with Crippen LogP contribution in [-0.2, 0) is 14.3 Å². The third-order valence-corrected chi connectivity index (χ3v) is 4.85. The molecule has 104 valence electrons. The number of carbonyl (C=O) groups excluding carboxylic acids is 2. The monoisotopic (exact) mass is 354 g/mol. The lowest BCUT2D eigenvalue weighted by atomic mass is 9.91. The Morgan fingerprint density at radius 2 is 2.05 bits per heavy atom. The quantitative estimate of drug-likeness (QED) is 0.462. The van der Waals surface area contributed by atoms with Crippen LogP contribution in [-0.4, -0.2) is 16.6 Å². The summed E-state index contributed by atoms with van der Waals surface area (Å²) in [5.41, 5.74) is 1.67. The molecule has 0 radical (unpaired) electrons. The van der Waals surface area contributed by atoms with Crippen molar-refractivity contribution in [3.8, 4) is 0 Å². The van der Waals surface area contributed by atoms with E-state index in [4.69, 9.17) is 16.3 Å². The molecule has 1 fully saturated rings. The fourth-order valence-electron chi connectivity index (χ4n) is 2.25. The number of esters is 1. The number of halogens is 2. The van der Waals surface area contributed by atoms with Gasteiger partial charge in [-0.25, -0.2) is 0 Å². The van der Waals surface area contributed by atoms with Crippen LogP contribution in [0.5, 0.6) is 0 Å². The smallest absolute Gasteiger partial charge is 0.326 e. The summed E-state index contributed by atoms with van der Waals surface area (Å²) in [5.74, 6) is -1.43. The van der Waals surface area contributed by atoms with E-state index in [1.54, 1.807) is 6.07 Å². The molecule has 0 saturated heterocycles. The molecule has 1 saturated carbocycles. The number of carbonyl (C=O) groups is 2. The van der Waals surface area contributed by atoms with Gasteiger partial charge >= 0.3 is 5.97 Å². The van der Waals surface area contributed by atoms with Crippen molar-refractivity contribution in [3.63, 3.8) is 0 Å².